The molecule has 1 N–H and O–H groups in total. The smallest absolute Gasteiger partial charge is 0.345 e. The first-order chi connectivity index (χ1) is 15.9. The third-order valence-corrected chi connectivity index (χ3v) is 4.66. The molecule has 0 aliphatic carbocycles. The monoisotopic (exact) mass is 465 g/mol. The van der Waals surface area contributed by atoms with E-state index in [1.165, 1.54) is 36.4 Å². The molecule has 1 unspecified atom stereocenters. The molecule has 0 bridgehead atoms. The van der Waals surface area contributed by atoms with Gasteiger partial charge in [-0.15, -0.1) is 0 Å². The number of halogens is 1. The van der Waals surface area contributed by atoms with E-state index in [4.69, 9.17) is 26.3 Å². The number of anilines is 1. The lowest BCUT2D eigenvalue weighted by Gasteiger charge is -2.18. The predicted octanol–water partition coefficient (Wildman–Crippen LogP) is 4.42. The quantitative estimate of drug-likeness (QED) is 0.296. The van der Waals surface area contributed by atoms with Gasteiger partial charge in [0, 0.05) is 17.7 Å². The van der Waals surface area contributed by atoms with E-state index in [-0.39, 0.29) is 16.4 Å². The minimum Gasteiger partial charge on any atom is -0.482 e. The number of nitriles is 1. The zero-order valence-corrected chi connectivity index (χ0v) is 17.7. The molecular weight excluding hydrogens is 450 g/mol. The summed E-state index contributed by atoms with van der Waals surface area (Å²) >= 11 is 6.05. The molecule has 33 heavy (non-hydrogen) atoms. The standard InChI is InChI=1S/C23H16ClN3O6/c24-19-12-17(27(30)31)8-11-20(19)26-23(29)22(16-4-2-1-3-5-16)33-21(28)14-32-18-9-6-15(13-25)7-10-18/h1-12,22H,14H2,(H,26,29). The Morgan fingerprint density at radius 2 is 1.79 bits per heavy atom. The number of carbonyl (C=O) groups is 2. The van der Waals surface area contributed by atoms with Gasteiger partial charge in [0.25, 0.3) is 11.6 Å². The van der Waals surface area contributed by atoms with Crippen LogP contribution >= 0.6 is 11.6 Å². The van der Waals surface area contributed by atoms with Crippen molar-refractivity contribution < 1.29 is 24.0 Å². The van der Waals surface area contributed by atoms with Crippen LogP contribution in [0.1, 0.15) is 17.2 Å². The molecule has 0 radical (unpaired) electrons. The van der Waals surface area contributed by atoms with E-state index in [9.17, 15) is 19.7 Å². The first-order valence-corrected chi connectivity index (χ1v) is 9.87. The summed E-state index contributed by atoms with van der Waals surface area (Å²) in [5.41, 5.74) is 0.734. The molecule has 3 aromatic rings. The molecule has 0 aliphatic heterocycles. The molecule has 0 saturated carbocycles. The van der Waals surface area contributed by atoms with Crippen molar-refractivity contribution in [3.8, 4) is 11.8 Å². The maximum absolute atomic E-state index is 12.9. The van der Waals surface area contributed by atoms with Crippen molar-refractivity contribution >= 4 is 34.9 Å². The summed E-state index contributed by atoms with van der Waals surface area (Å²) < 4.78 is 10.7. The Balaban J connectivity index is 1.72. The third kappa shape index (κ3) is 6.29. The van der Waals surface area contributed by atoms with E-state index in [2.05, 4.69) is 5.32 Å². The van der Waals surface area contributed by atoms with Gasteiger partial charge in [-0.1, -0.05) is 41.9 Å². The average Bonchev–Trinajstić information content (AvgIpc) is 2.83. The summed E-state index contributed by atoms with van der Waals surface area (Å²) in [5.74, 6) is -1.16. The number of non-ortho nitro benzene ring substituents is 1. The van der Waals surface area contributed by atoms with Crippen molar-refractivity contribution in [2.45, 2.75) is 6.10 Å². The number of amides is 1. The molecular formula is C23H16ClN3O6. The number of benzene rings is 3. The minimum absolute atomic E-state index is 0.0418. The lowest BCUT2D eigenvalue weighted by molar-refractivity contribution is -0.384. The number of nitro benzene ring substituents is 1. The maximum Gasteiger partial charge on any atom is 0.345 e. The van der Waals surface area contributed by atoms with Crippen LogP contribution in [0.5, 0.6) is 5.75 Å². The van der Waals surface area contributed by atoms with Crippen LogP contribution in [0.3, 0.4) is 0 Å². The highest BCUT2D eigenvalue weighted by Crippen LogP contribution is 2.28. The molecule has 3 aromatic carbocycles. The zero-order chi connectivity index (χ0) is 23.8. The molecule has 0 heterocycles. The van der Waals surface area contributed by atoms with Gasteiger partial charge in [-0.2, -0.15) is 5.26 Å². The molecule has 0 spiro atoms. The number of carbonyl (C=O) groups excluding carboxylic acids is 2. The van der Waals surface area contributed by atoms with Crippen LogP contribution in [-0.2, 0) is 14.3 Å². The normalized spacial score (nSPS) is 11.0. The zero-order valence-electron chi connectivity index (χ0n) is 16.9. The van der Waals surface area contributed by atoms with E-state index in [1.54, 1.807) is 30.3 Å². The second-order valence-corrected chi connectivity index (χ2v) is 7.02. The summed E-state index contributed by atoms with van der Waals surface area (Å²) in [5, 5.41) is 22.2. The van der Waals surface area contributed by atoms with Crippen molar-refractivity contribution in [1.29, 1.82) is 5.26 Å². The number of hydrogen-bond donors (Lipinski definition) is 1. The largest absolute Gasteiger partial charge is 0.482 e. The number of nitro groups is 1. The number of nitrogens with one attached hydrogen (secondary N) is 1. The lowest BCUT2D eigenvalue weighted by atomic mass is 10.1. The van der Waals surface area contributed by atoms with Gasteiger partial charge in [-0.05, 0) is 30.3 Å². The Morgan fingerprint density at radius 1 is 1.09 bits per heavy atom. The highest BCUT2D eigenvalue weighted by molar-refractivity contribution is 6.34. The molecule has 1 amide bonds. The van der Waals surface area contributed by atoms with Gasteiger partial charge < -0.3 is 14.8 Å². The Hall–Kier alpha value is -4.42. The molecule has 0 aromatic heterocycles. The second-order valence-electron chi connectivity index (χ2n) is 6.62. The van der Waals surface area contributed by atoms with Crippen LogP contribution in [0, 0.1) is 21.4 Å². The van der Waals surface area contributed by atoms with Gasteiger partial charge in [0.2, 0.25) is 6.10 Å². The van der Waals surface area contributed by atoms with Crippen LogP contribution in [0.15, 0.2) is 72.8 Å². The van der Waals surface area contributed by atoms with Crippen LogP contribution < -0.4 is 10.1 Å². The summed E-state index contributed by atoms with van der Waals surface area (Å²) in [7, 11) is 0. The minimum atomic E-state index is -1.32. The fourth-order valence-corrected chi connectivity index (χ4v) is 2.97. The Bertz CT molecular complexity index is 1210. The first kappa shape index (κ1) is 23.2. The molecule has 166 valence electrons. The number of esters is 1. The average molecular weight is 466 g/mol. The molecule has 0 aliphatic rings. The van der Waals surface area contributed by atoms with Crippen LogP contribution in [-0.4, -0.2) is 23.4 Å². The number of rotatable bonds is 8. The van der Waals surface area contributed by atoms with E-state index >= 15 is 0 Å². The highest BCUT2D eigenvalue weighted by Gasteiger charge is 2.26. The summed E-state index contributed by atoms with van der Waals surface area (Å²) in [6.07, 6.45) is -1.32. The van der Waals surface area contributed by atoms with E-state index in [0.717, 1.165) is 6.07 Å². The number of hydrogen-bond acceptors (Lipinski definition) is 7. The number of ether oxygens (including phenoxy) is 2. The Kier molecular flexibility index (Phi) is 7.57. The number of nitrogens with zero attached hydrogens (tertiary/aromatic N) is 2. The van der Waals surface area contributed by atoms with Crippen molar-refractivity contribution in [3.05, 3.63) is 99.1 Å². The fraction of sp³-hybridized carbons (Fsp3) is 0.0870. The van der Waals surface area contributed by atoms with Crippen molar-refractivity contribution in [3.63, 3.8) is 0 Å². The molecule has 10 heteroatoms. The van der Waals surface area contributed by atoms with Gasteiger partial charge in [0.05, 0.1) is 27.3 Å². The SMILES string of the molecule is N#Cc1ccc(OCC(=O)OC(C(=O)Nc2ccc([N+](=O)[O-])cc2Cl)c2ccccc2)cc1. The van der Waals surface area contributed by atoms with Gasteiger partial charge in [-0.3, -0.25) is 14.9 Å². The van der Waals surface area contributed by atoms with Gasteiger partial charge in [-0.25, -0.2) is 4.79 Å². The summed E-state index contributed by atoms with van der Waals surface area (Å²) in [6, 6.07) is 20.0. The summed E-state index contributed by atoms with van der Waals surface area (Å²) in [6.45, 7) is -0.471. The van der Waals surface area contributed by atoms with Crippen molar-refractivity contribution in [1.82, 2.24) is 0 Å². The van der Waals surface area contributed by atoms with Crippen molar-refractivity contribution in [2.24, 2.45) is 0 Å². The van der Waals surface area contributed by atoms with Crippen molar-refractivity contribution in [2.75, 3.05) is 11.9 Å². The van der Waals surface area contributed by atoms with Crippen LogP contribution in [0.25, 0.3) is 0 Å². The van der Waals surface area contributed by atoms with Gasteiger partial charge >= 0.3 is 5.97 Å². The molecule has 0 saturated heterocycles. The molecule has 3 rings (SSSR count). The molecule has 1 atom stereocenters. The highest BCUT2D eigenvalue weighted by atomic mass is 35.5. The second kappa shape index (κ2) is 10.7. The van der Waals surface area contributed by atoms with Crippen LogP contribution in [0.2, 0.25) is 5.02 Å². The lowest BCUT2D eigenvalue weighted by Crippen LogP contribution is -2.28. The predicted molar refractivity (Wildman–Crippen MR) is 119 cm³/mol. The molecule has 9 nitrogen and oxygen atoms in total. The van der Waals surface area contributed by atoms with E-state index < -0.39 is 29.5 Å². The van der Waals surface area contributed by atoms with E-state index in [0.29, 0.717) is 16.9 Å². The third-order valence-electron chi connectivity index (χ3n) is 4.35. The summed E-state index contributed by atoms with van der Waals surface area (Å²) in [4.78, 5) is 35.6. The maximum atomic E-state index is 12.9. The Morgan fingerprint density at radius 3 is 2.39 bits per heavy atom. The first-order valence-electron chi connectivity index (χ1n) is 9.49. The molecule has 0 fully saturated rings. The van der Waals surface area contributed by atoms with Crippen LogP contribution in [0.4, 0.5) is 11.4 Å². The topological polar surface area (TPSA) is 132 Å². The van der Waals surface area contributed by atoms with E-state index in [1.807, 2.05) is 6.07 Å². The van der Waals surface area contributed by atoms with Gasteiger partial charge in [0.15, 0.2) is 6.61 Å². The van der Waals surface area contributed by atoms with Gasteiger partial charge in [0.1, 0.15) is 5.75 Å². The Labute approximate surface area is 193 Å². The fourth-order valence-electron chi connectivity index (χ4n) is 2.75.